The van der Waals surface area contributed by atoms with Gasteiger partial charge in [0.05, 0.1) is 16.1 Å². The fourth-order valence-corrected chi connectivity index (χ4v) is 6.46. The zero-order valence-electron chi connectivity index (χ0n) is 15.7. The number of nitrogens with one attached hydrogen (secondary N) is 1. The zero-order chi connectivity index (χ0) is 21.7. The number of amides is 1. The number of fused-ring (bicyclic) bond motifs is 1. The molecule has 0 saturated heterocycles. The molecule has 2 heterocycles. The van der Waals surface area contributed by atoms with E-state index < -0.39 is 33.4 Å². The Bertz CT molecular complexity index is 1230. The van der Waals surface area contributed by atoms with E-state index in [2.05, 4.69) is 5.32 Å². The number of rotatable bonds is 3. The monoisotopic (exact) mass is 451 g/mol. The molecule has 1 amide bonds. The lowest BCUT2D eigenvalue weighted by Crippen LogP contribution is -2.25. The van der Waals surface area contributed by atoms with Crippen molar-refractivity contribution in [3.8, 4) is 0 Å². The molecular weight excluding hydrogens is 435 g/mol. The number of sulfone groups is 1. The summed E-state index contributed by atoms with van der Waals surface area (Å²) in [6, 6.07) is 11.3. The third-order valence-corrected chi connectivity index (χ3v) is 8.06. The van der Waals surface area contributed by atoms with Gasteiger partial charge in [0, 0.05) is 22.6 Å². The van der Waals surface area contributed by atoms with E-state index in [9.17, 15) is 26.4 Å². The van der Waals surface area contributed by atoms with Crippen LogP contribution >= 0.6 is 11.3 Å². The number of anilines is 1. The molecule has 1 N–H and O–H groups in total. The van der Waals surface area contributed by atoms with Crippen molar-refractivity contribution < 1.29 is 26.4 Å². The molecular formula is C21H16F3NO3S2. The maximum atomic E-state index is 13.5. The van der Waals surface area contributed by atoms with Gasteiger partial charge in [-0.15, -0.1) is 11.3 Å². The van der Waals surface area contributed by atoms with E-state index in [0.29, 0.717) is 4.88 Å². The van der Waals surface area contributed by atoms with Crippen LogP contribution in [0.15, 0.2) is 63.7 Å². The third-order valence-electron chi connectivity index (χ3n) is 5.02. The fourth-order valence-electron chi connectivity index (χ4n) is 3.56. The Labute approximate surface area is 175 Å². The molecule has 0 bridgehead atoms. The van der Waals surface area contributed by atoms with Crippen LogP contribution in [0.2, 0.25) is 0 Å². The molecule has 0 fully saturated rings. The number of benzene rings is 2. The molecule has 0 aliphatic carbocycles. The second-order valence-corrected chi connectivity index (χ2v) is 9.87. The summed E-state index contributed by atoms with van der Waals surface area (Å²) in [5.41, 5.74) is 0.0893. The van der Waals surface area contributed by atoms with Gasteiger partial charge in [-0.05, 0) is 30.7 Å². The molecule has 1 aliphatic rings. The lowest BCUT2D eigenvalue weighted by Gasteiger charge is -2.26. The molecule has 0 saturated carbocycles. The van der Waals surface area contributed by atoms with Crippen LogP contribution in [-0.4, -0.2) is 14.3 Å². The first-order valence-electron chi connectivity index (χ1n) is 8.98. The highest BCUT2D eigenvalue weighted by Gasteiger charge is 2.40. The summed E-state index contributed by atoms with van der Waals surface area (Å²) >= 11 is 1.04. The number of halogens is 3. The second-order valence-electron chi connectivity index (χ2n) is 7.05. The van der Waals surface area contributed by atoms with E-state index in [-0.39, 0.29) is 27.5 Å². The zero-order valence-corrected chi connectivity index (χ0v) is 17.3. The fraction of sp³-hybridized carbons (Fsp3) is 0.190. The van der Waals surface area contributed by atoms with Crippen molar-refractivity contribution in [1.29, 1.82) is 0 Å². The van der Waals surface area contributed by atoms with Gasteiger partial charge in [0.15, 0.2) is 0 Å². The summed E-state index contributed by atoms with van der Waals surface area (Å²) in [5.74, 6) is -1.40. The topological polar surface area (TPSA) is 63.2 Å². The maximum absolute atomic E-state index is 13.5. The van der Waals surface area contributed by atoms with Crippen molar-refractivity contribution in [1.82, 2.24) is 0 Å². The van der Waals surface area contributed by atoms with Crippen LogP contribution in [0.1, 0.15) is 33.9 Å². The Morgan fingerprint density at radius 1 is 1.07 bits per heavy atom. The lowest BCUT2D eigenvalue weighted by molar-refractivity contribution is -0.138. The van der Waals surface area contributed by atoms with Crippen molar-refractivity contribution in [3.05, 3.63) is 75.5 Å². The highest BCUT2D eigenvalue weighted by atomic mass is 32.2. The van der Waals surface area contributed by atoms with Gasteiger partial charge in [0.25, 0.3) is 0 Å². The Balaban J connectivity index is 1.86. The summed E-state index contributed by atoms with van der Waals surface area (Å²) in [6.07, 6.45) is -4.77. The maximum Gasteiger partial charge on any atom is 0.416 e. The van der Waals surface area contributed by atoms with E-state index >= 15 is 0 Å². The van der Waals surface area contributed by atoms with Crippen molar-refractivity contribution in [2.24, 2.45) is 0 Å². The standard InChI is InChI=1S/C21H16F3NO3S2/c1-12-6-8-13(9-7-12)30(27,28)17-11-29-20-15(10-18(26)25-19(17)20)14-4-2-3-5-16(14)21(22,23)24/h2-9,11,15H,10H2,1H3,(H,25,26)/t15-/m0/s1. The van der Waals surface area contributed by atoms with Gasteiger partial charge in [-0.1, -0.05) is 35.9 Å². The quantitative estimate of drug-likeness (QED) is 0.581. The number of hydrogen-bond donors (Lipinski definition) is 1. The largest absolute Gasteiger partial charge is 0.416 e. The molecule has 0 radical (unpaired) electrons. The van der Waals surface area contributed by atoms with Crippen LogP contribution in [0.3, 0.4) is 0 Å². The summed E-state index contributed by atoms with van der Waals surface area (Å²) in [4.78, 5) is 12.7. The van der Waals surface area contributed by atoms with E-state index in [4.69, 9.17) is 0 Å². The van der Waals surface area contributed by atoms with Gasteiger partial charge >= 0.3 is 6.18 Å². The van der Waals surface area contributed by atoms with Crippen LogP contribution < -0.4 is 5.32 Å². The highest BCUT2D eigenvalue weighted by Crippen LogP contribution is 2.48. The predicted octanol–water partition coefficient (Wildman–Crippen LogP) is 5.38. The molecule has 9 heteroatoms. The third kappa shape index (κ3) is 3.52. The summed E-state index contributed by atoms with van der Waals surface area (Å²) in [5, 5.41) is 3.95. The molecule has 2 aromatic carbocycles. The minimum Gasteiger partial charge on any atom is -0.324 e. The van der Waals surface area contributed by atoms with Crippen molar-refractivity contribution in [3.63, 3.8) is 0 Å². The second kappa shape index (κ2) is 7.24. The van der Waals surface area contributed by atoms with Gasteiger partial charge in [-0.3, -0.25) is 4.79 Å². The molecule has 4 rings (SSSR count). The van der Waals surface area contributed by atoms with Gasteiger partial charge in [0.1, 0.15) is 4.90 Å². The average Bonchev–Trinajstić information content (AvgIpc) is 3.11. The molecule has 1 aromatic heterocycles. The van der Waals surface area contributed by atoms with Gasteiger partial charge in [-0.2, -0.15) is 13.2 Å². The Hall–Kier alpha value is -2.65. The lowest BCUT2D eigenvalue weighted by atomic mass is 9.87. The van der Waals surface area contributed by atoms with Gasteiger partial charge in [-0.25, -0.2) is 8.42 Å². The number of aryl methyl sites for hydroxylation is 1. The SMILES string of the molecule is Cc1ccc(S(=O)(=O)c2csc3c2NC(=O)C[C@H]3c2ccccc2C(F)(F)F)cc1. The summed E-state index contributed by atoms with van der Waals surface area (Å²) in [7, 11) is -3.95. The van der Waals surface area contributed by atoms with Crippen molar-refractivity contribution >= 4 is 32.8 Å². The van der Waals surface area contributed by atoms with Crippen LogP contribution in [0, 0.1) is 6.92 Å². The Kier molecular flexibility index (Phi) is 4.98. The van der Waals surface area contributed by atoms with Crippen LogP contribution in [0.5, 0.6) is 0 Å². The number of alkyl halides is 3. The molecule has 0 spiro atoms. The molecule has 4 nitrogen and oxygen atoms in total. The van der Waals surface area contributed by atoms with E-state index in [0.717, 1.165) is 23.0 Å². The van der Waals surface area contributed by atoms with Gasteiger partial charge in [0.2, 0.25) is 15.7 Å². The molecule has 30 heavy (non-hydrogen) atoms. The van der Waals surface area contributed by atoms with Gasteiger partial charge < -0.3 is 5.32 Å². The average molecular weight is 451 g/mol. The number of carbonyl (C=O) groups excluding carboxylic acids is 1. The first kappa shape index (κ1) is 20.6. The first-order chi connectivity index (χ1) is 14.1. The smallest absolute Gasteiger partial charge is 0.324 e. The Morgan fingerprint density at radius 2 is 1.73 bits per heavy atom. The molecule has 3 aromatic rings. The molecule has 0 unspecified atom stereocenters. The van der Waals surface area contributed by atoms with Crippen molar-refractivity contribution in [2.45, 2.75) is 35.2 Å². The van der Waals surface area contributed by atoms with Crippen LogP contribution in [0.4, 0.5) is 18.9 Å². The van der Waals surface area contributed by atoms with Crippen molar-refractivity contribution in [2.75, 3.05) is 5.32 Å². The predicted molar refractivity (Wildman–Crippen MR) is 107 cm³/mol. The minimum atomic E-state index is -4.58. The minimum absolute atomic E-state index is 0.0396. The highest BCUT2D eigenvalue weighted by molar-refractivity contribution is 7.91. The Morgan fingerprint density at radius 3 is 2.40 bits per heavy atom. The van der Waals surface area contributed by atoms with E-state index in [1.807, 2.05) is 6.92 Å². The van der Waals surface area contributed by atoms with Crippen LogP contribution in [0.25, 0.3) is 0 Å². The normalized spacial score (nSPS) is 16.8. The summed E-state index contributed by atoms with van der Waals surface area (Å²) < 4.78 is 66.9. The van der Waals surface area contributed by atoms with E-state index in [1.165, 1.54) is 35.7 Å². The summed E-state index contributed by atoms with van der Waals surface area (Å²) in [6.45, 7) is 1.83. The molecule has 1 aliphatic heterocycles. The number of hydrogen-bond acceptors (Lipinski definition) is 4. The van der Waals surface area contributed by atoms with E-state index in [1.54, 1.807) is 12.1 Å². The first-order valence-corrected chi connectivity index (χ1v) is 11.3. The van der Waals surface area contributed by atoms with Crippen LogP contribution in [-0.2, 0) is 20.8 Å². The molecule has 1 atom stereocenters. The molecule has 156 valence electrons. The number of carbonyl (C=O) groups is 1. The number of thiophene rings is 1.